The van der Waals surface area contributed by atoms with Crippen LogP contribution in [0.1, 0.15) is 36.2 Å². The number of hydrogen-bond donors (Lipinski definition) is 1. The van der Waals surface area contributed by atoms with Crippen molar-refractivity contribution in [3.8, 4) is 0 Å². The zero-order valence-corrected chi connectivity index (χ0v) is 14.1. The highest BCUT2D eigenvalue weighted by atomic mass is 32.1. The number of nitrogens with zero attached hydrogens (tertiary/aromatic N) is 2. The zero-order valence-electron chi connectivity index (χ0n) is 13.3. The van der Waals surface area contributed by atoms with Gasteiger partial charge < -0.3 is 10.6 Å². The van der Waals surface area contributed by atoms with Crippen LogP contribution in [0.4, 0.5) is 0 Å². The highest BCUT2D eigenvalue weighted by molar-refractivity contribution is 7.10. The minimum atomic E-state index is 0.170. The van der Waals surface area contributed by atoms with E-state index >= 15 is 0 Å². The van der Waals surface area contributed by atoms with Gasteiger partial charge >= 0.3 is 0 Å². The van der Waals surface area contributed by atoms with E-state index in [0.29, 0.717) is 6.04 Å². The molecule has 2 atom stereocenters. The molecule has 0 aliphatic carbocycles. The van der Waals surface area contributed by atoms with E-state index in [4.69, 9.17) is 5.73 Å². The van der Waals surface area contributed by atoms with E-state index in [1.807, 2.05) is 11.3 Å². The van der Waals surface area contributed by atoms with E-state index in [1.165, 1.54) is 36.4 Å². The number of hydrogen-bond acceptors (Lipinski definition) is 4. The van der Waals surface area contributed by atoms with Crippen LogP contribution in [0, 0.1) is 12.8 Å². The molecule has 20 heavy (non-hydrogen) atoms. The van der Waals surface area contributed by atoms with Crippen molar-refractivity contribution < 1.29 is 0 Å². The predicted molar refractivity (Wildman–Crippen MR) is 88.3 cm³/mol. The third kappa shape index (κ3) is 3.82. The highest BCUT2D eigenvalue weighted by Gasteiger charge is 2.27. The van der Waals surface area contributed by atoms with Gasteiger partial charge in [-0.2, -0.15) is 0 Å². The van der Waals surface area contributed by atoms with Crippen LogP contribution in [0.15, 0.2) is 11.4 Å². The lowest BCUT2D eigenvalue weighted by Gasteiger charge is -2.36. The second kappa shape index (κ2) is 7.03. The molecule has 2 heterocycles. The lowest BCUT2D eigenvalue weighted by Crippen LogP contribution is -2.41. The summed E-state index contributed by atoms with van der Waals surface area (Å²) in [6.45, 7) is 7.97. The average molecular weight is 295 g/mol. The van der Waals surface area contributed by atoms with E-state index in [0.717, 1.165) is 12.5 Å². The number of likely N-dealkylation sites (N-methyl/N-ethyl adjacent to an activating group) is 1. The predicted octanol–water partition coefficient (Wildman–Crippen LogP) is 2.72. The summed E-state index contributed by atoms with van der Waals surface area (Å²) >= 11 is 1.85. The first kappa shape index (κ1) is 16.0. The topological polar surface area (TPSA) is 32.5 Å². The van der Waals surface area contributed by atoms with Crippen LogP contribution in [0.2, 0.25) is 0 Å². The van der Waals surface area contributed by atoms with Gasteiger partial charge in [0.2, 0.25) is 0 Å². The monoisotopic (exact) mass is 295 g/mol. The molecule has 2 rings (SSSR count). The summed E-state index contributed by atoms with van der Waals surface area (Å²) in [4.78, 5) is 6.36. The summed E-state index contributed by atoms with van der Waals surface area (Å²) in [6, 6.07) is 2.73. The molecule has 0 bridgehead atoms. The summed E-state index contributed by atoms with van der Waals surface area (Å²) in [5.74, 6) is 0.817. The van der Waals surface area contributed by atoms with E-state index in [1.54, 1.807) is 0 Å². The van der Waals surface area contributed by atoms with Crippen LogP contribution in [0.5, 0.6) is 0 Å². The molecule has 1 aliphatic rings. The number of nitrogens with two attached hydrogens (primary N) is 1. The number of likely N-dealkylation sites (tertiary alicyclic amines) is 1. The van der Waals surface area contributed by atoms with Crippen molar-refractivity contribution in [2.45, 2.75) is 38.8 Å². The Hall–Kier alpha value is -0.420. The molecule has 2 N–H and O–H groups in total. The minimum absolute atomic E-state index is 0.170. The van der Waals surface area contributed by atoms with Gasteiger partial charge in [-0.1, -0.05) is 0 Å². The van der Waals surface area contributed by atoms with Gasteiger partial charge in [0.25, 0.3) is 0 Å². The summed E-state index contributed by atoms with van der Waals surface area (Å²) in [5.41, 5.74) is 7.66. The summed E-state index contributed by atoms with van der Waals surface area (Å²) in [6.07, 6.45) is 2.63. The van der Waals surface area contributed by atoms with Crippen molar-refractivity contribution in [2.24, 2.45) is 11.7 Å². The summed E-state index contributed by atoms with van der Waals surface area (Å²) < 4.78 is 0. The molecule has 0 radical (unpaired) electrons. The van der Waals surface area contributed by atoms with Gasteiger partial charge in [0.05, 0.1) is 6.04 Å². The molecule has 0 amide bonds. The molecule has 4 heteroatoms. The smallest absolute Gasteiger partial charge is 0.0591 e. The van der Waals surface area contributed by atoms with Crippen molar-refractivity contribution in [1.29, 1.82) is 0 Å². The quantitative estimate of drug-likeness (QED) is 0.906. The van der Waals surface area contributed by atoms with E-state index < -0.39 is 0 Å². The Bertz CT molecular complexity index is 408. The van der Waals surface area contributed by atoms with Crippen LogP contribution in [-0.4, -0.2) is 49.6 Å². The molecule has 0 saturated carbocycles. The van der Waals surface area contributed by atoms with Gasteiger partial charge in [0, 0.05) is 17.5 Å². The SMILES string of the molecule is Cc1ccsc1C(C(C)N)N(C)CC1CCN(C)CC1. The number of rotatable bonds is 5. The first-order valence-electron chi connectivity index (χ1n) is 7.67. The second-order valence-corrected chi connectivity index (χ2v) is 7.41. The molecule has 1 aromatic heterocycles. The molecule has 1 aromatic rings. The number of thiophene rings is 1. The fraction of sp³-hybridized carbons (Fsp3) is 0.750. The molecule has 3 nitrogen and oxygen atoms in total. The van der Waals surface area contributed by atoms with Crippen LogP contribution in [0.25, 0.3) is 0 Å². The lowest BCUT2D eigenvalue weighted by atomic mass is 9.95. The minimum Gasteiger partial charge on any atom is -0.326 e. The van der Waals surface area contributed by atoms with Crippen molar-refractivity contribution >= 4 is 11.3 Å². The molecular weight excluding hydrogens is 266 g/mol. The Morgan fingerprint density at radius 1 is 1.45 bits per heavy atom. The van der Waals surface area contributed by atoms with Gasteiger partial charge in [-0.15, -0.1) is 11.3 Å². The van der Waals surface area contributed by atoms with Crippen LogP contribution < -0.4 is 5.73 Å². The summed E-state index contributed by atoms with van der Waals surface area (Å²) in [5, 5.41) is 2.18. The van der Waals surface area contributed by atoms with Crippen molar-refractivity contribution in [3.63, 3.8) is 0 Å². The van der Waals surface area contributed by atoms with Crippen molar-refractivity contribution in [1.82, 2.24) is 9.80 Å². The standard InChI is InChI=1S/C16H29N3S/c1-12-7-10-20-16(12)15(13(2)17)19(4)11-14-5-8-18(3)9-6-14/h7,10,13-15H,5-6,8-9,11,17H2,1-4H3. The normalized spacial score (nSPS) is 21.3. The Labute approximate surface area is 127 Å². The zero-order chi connectivity index (χ0) is 14.7. The molecule has 0 aromatic carbocycles. The Morgan fingerprint density at radius 2 is 2.10 bits per heavy atom. The van der Waals surface area contributed by atoms with E-state index in [9.17, 15) is 0 Å². The molecule has 1 saturated heterocycles. The Balaban J connectivity index is 2.01. The Morgan fingerprint density at radius 3 is 2.60 bits per heavy atom. The molecule has 1 fully saturated rings. The largest absolute Gasteiger partial charge is 0.326 e. The van der Waals surface area contributed by atoms with Gasteiger partial charge in [-0.05, 0) is 76.8 Å². The maximum Gasteiger partial charge on any atom is 0.0591 e. The maximum atomic E-state index is 6.28. The lowest BCUT2D eigenvalue weighted by molar-refractivity contribution is 0.141. The second-order valence-electron chi connectivity index (χ2n) is 6.46. The third-order valence-electron chi connectivity index (χ3n) is 4.53. The maximum absolute atomic E-state index is 6.28. The Kier molecular flexibility index (Phi) is 5.61. The van der Waals surface area contributed by atoms with Gasteiger partial charge in [-0.3, -0.25) is 4.90 Å². The fourth-order valence-corrected chi connectivity index (χ4v) is 4.50. The van der Waals surface area contributed by atoms with E-state index in [-0.39, 0.29) is 6.04 Å². The number of aryl methyl sites for hydroxylation is 1. The molecular formula is C16H29N3S. The van der Waals surface area contributed by atoms with Crippen LogP contribution >= 0.6 is 11.3 Å². The molecule has 0 spiro atoms. The van der Waals surface area contributed by atoms with Crippen LogP contribution in [-0.2, 0) is 0 Å². The third-order valence-corrected chi connectivity index (χ3v) is 5.62. The van der Waals surface area contributed by atoms with Crippen LogP contribution in [0.3, 0.4) is 0 Å². The van der Waals surface area contributed by atoms with Crippen molar-refractivity contribution in [3.05, 3.63) is 21.9 Å². The molecule has 114 valence electrons. The van der Waals surface area contributed by atoms with Gasteiger partial charge in [-0.25, -0.2) is 0 Å². The van der Waals surface area contributed by atoms with E-state index in [2.05, 4.69) is 49.2 Å². The first-order chi connectivity index (χ1) is 9.49. The molecule has 1 aliphatic heterocycles. The first-order valence-corrected chi connectivity index (χ1v) is 8.55. The molecule has 2 unspecified atom stereocenters. The highest BCUT2D eigenvalue weighted by Crippen LogP contribution is 2.31. The number of piperidine rings is 1. The van der Waals surface area contributed by atoms with Crippen molar-refractivity contribution in [2.75, 3.05) is 33.7 Å². The van der Waals surface area contributed by atoms with Gasteiger partial charge in [0.1, 0.15) is 0 Å². The van der Waals surface area contributed by atoms with Gasteiger partial charge in [0.15, 0.2) is 0 Å². The average Bonchev–Trinajstić information content (AvgIpc) is 2.78. The fourth-order valence-electron chi connectivity index (χ4n) is 3.29. The summed E-state index contributed by atoms with van der Waals surface area (Å²) in [7, 11) is 4.46.